The maximum absolute atomic E-state index is 10.9. The Balaban J connectivity index is 3.29. The maximum Gasteiger partial charge on any atom is 0.310 e. The SMILES string of the molecule is C=COC(=O)CCCC/C=C/C(C)C. The minimum Gasteiger partial charge on any atom is -0.435 e. The van der Waals surface area contributed by atoms with E-state index in [9.17, 15) is 4.79 Å². The van der Waals surface area contributed by atoms with Crippen molar-refractivity contribution in [2.75, 3.05) is 0 Å². The van der Waals surface area contributed by atoms with Crippen LogP contribution in [0.4, 0.5) is 0 Å². The van der Waals surface area contributed by atoms with Gasteiger partial charge in [0.05, 0.1) is 6.26 Å². The first-order valence-corrected chi connectivity index (χ1v) is 5.14. The molecular formula is C12H20O2. The van der Waals surface area contributed by atoms with Crippen LogP contribution in [0.25, 0.3) is 0 Å². The van der Waals surface area contributed by atoms with E-state index in [-0.39, 0.29) is 5.97 Å². The number of allylic oxidation sites excluding steroid dienone is 2. The number of ether oxygens (including phenoxy) is 1. The van der Waals surface area contributed by atoms with Crippen molar-refractivity contribution >= 4 is 5.97 Å². The van der Waals surface area contributed by atoms with E-state index in [4.69, 9.17) is 0 Å². The summed E-state index contributed by atoms with van der Waals surface area (Å²) in [6.07, 6.45) is 8.98. The number of carbonyl (C=O) groups excluding carboxylic acids is 1. The highest BCUT2D eigenvalue weighted by molar-refractivity contribution is 5.69. The molecule has 0 bridgehead atoms. The molecule has 0 unspecified atom stereocenters. The topological polar surface area (TPSA) is 26.3 Å². The highest BCUT2D eigenvalue weighted by Crippen LogP contribution is 2.04. The Morgan fingerprint density at radius 3 is 2.71 bits per heavy atom. The van der Waals surface area contributed by atoms with Crippen LogP contribution in [0.5, 0.6) is 0 Å². The Morgan fingerprint density at radius 1 is 1.43 bits per heavy atom. The van der Waals surface area contributed by atoms with Crippen molar-refractivity contribution in [2.45, 2.75) is 39.5 Å². The van der Waals surface area contributed by atoms with Crippen molar-refractivity contribution in [2.24, 2.45) is 5.92 Å². The molecule has 0 radical (unpaired) electrons. The molecule has 0 heterocycles. The molecule has 0 aliphatic carbocycles. The fourth-order valence-corrected chi connectivity index (χ4v) is 1.05. The minimum atomic E-state index is -0.187. The average molecular weight is 196 g/mol. The molecule has 0 atom stereocenters. The zero-order chi connectivity index (χ0) is 10.8. The van der Waals surface area contributed by atoms with Gasteiger partial charge < -0.3 is 4.74 Å². The molecule has 0 aromatic rings. The number of rotatable bonds is 7. The molecule has 0 aromatic heterocycles. The molecule has 80 valence electrons. The molecule has 14 heavy (non-hydrogen) atoms. The van der Waals surface area contributed by atoms with Crippen molar-refractivity contribution in [3.05, 3.63) is 25.0 Å². The van der Waals surface area contributed by atoms with Crippen molar-refractivity contribution < 1.29 is 9.53 Å². The number of unbranched alkanes of at least 4 members (excludes halogenated alkanes) is 2. The third kappa shape index (κ3) is 9.04. The van der Waals surface area contributed by atoms with Gasteiger partial charge in [0.15, 0.2) is 0 Å². The van der Waals surface area contributed by atoms with Crippen molar-refractivity contribution in [1.82, 2.24) is 0 Å². The predicted molar refractivity (Wildman–Crippen MR) is 58.7 cm³/mol. The molecule has 0 fully saturated rings. The molecule has 0 saturated heterocycles. The average Bonchev–Trinajstić information content (AvgIpc) is 2.11. The van der Waals surface area contributed by atoms with Gasteiger partial charge in [-0.15, -0.1) is 0 Å². The lowest BCUT2D eigenvalue weighted by Gasteiger charge is -1.98. The van der Waals surface area contributed by atoms with E-state index in [1.807, 2.05) is 0 Å². The molecule has 0 aliphatic heterocycles. The summed E-state index contributed by atoms with van der Waals surface area (Å²) in [5.74, 6) is 0.425. The summed E-state index contributed by atoms with van der Waals surface area (Å²) in [5.41, 5.74) is 0. The van der Waals surface area contributed by atoms with Crippen molar-refractivity contribution in [1.29, 1.82) is 0 Å². The van der Waals surface area contributed by atoms with E-state index in [2.05, 4.69) is 37.3 Å². The normalized spacial score (nSPS) is 10.8. The van der Waals surface area contributed by atoms with Crippen LogP contribution in [-0.2, 0) is 9.53 Å². The first kappa shape index (κ1) is 12.9. The molecule has 0 aliphatic rings. The van der Waals surface area contributed by atoms with E-state index < -0.39 is 0 Å². The van der Waals surface area contributed by atoms with Crippen molar-refractivity contribution in [3.8, 4) is 0 Å². The molecule has 0 amide bonds. The van der Waals surface area contributed by atoms with Crippen molar-refractivity contribution in [3.63, 3.8) is 0 Å². The maximum atomic E-state index is 10.9. The largest absolute Gasteiger partial charge is 0.435 e. The lowest BCUT2D eigenvalue weighted by Crippen LogP contribution is -1.98. The van der Waals surface area contributed by atoms with E-state index in [0.29, 0.717) is 12.3 Å². The summed E-state index contributed by atoms with van der Waals surface area (Å²) in [7, 11) is 0. The van der Waals surface area contributed by atoms with Gasteiger partial charge in [0, 0.05) is 6.42 Å². The highest BCUT2D eigenvalue weighted by Gasteiger charge is 1.98. The van der Waals surface area contributed by atoms with Crippen LogP contribution in [0.15, 0.2) is 25.0 Å². The number of carbonyl (C=O) groups is 1. The monoisotopic (exact) mass is 196 g/mol. The Labute approximate surface area is 86.6 Å². The van der Waals surface area contributed by atoms with Gasteiger partial charge in [-0.25, -0.2) is 0 Å². The zero-order valence-corrected chi connectivity index (χ0v) is 9.16. The van der Waals surface area contributed by atoms with Gasteiger partial charge in [-0.1, -0.05) is 32.6 Å². The van der Waals surface area contributed by atoms with Crippen LogP contribution in [0, 0.1) is 5.92 Å². The van der Waals surface area contributed by atoms with Crippen LogP contribution >= 0.6 is 0 Å². The number of hydrogen-bond donors (Lipinski definition) is 0. The first-order chi connectivity index (χ1) is 6.66. The summed E-state index contributed by atoms with van der Waals surface area (Å²) in [4.78, 5) is 10.9. The molecule has 0 saturated carbocycles. The minimum absolute atomic E-state index is 0.187. The van der Waals surface area contributed by atoms with Crippen LogP contribution < -0.4 is 0 Å². The second-order valence-electron chi connectivity index (χ2n) is 3.57. The predicted octanol–water partition coefficient (Wildman–Crippen LogP) is 3.45. The summed E-state index contributed by atoms with van der Waals surface area (Å²) >= 11 is 0. The third-order valence-corrected chi connectivity index (χ3v) is 1.74. The number of esters is 1. The molecule has 0 aromatic carbocycles. The molecule has 2 nitrogen and oxygen atoms in total. The van der Waals surface area contributed by atoms with Gasteiger partial charge in [-0.05, 0) is 25.2 Å². The number of hydrogen-bond acceptors (Lipinski definition) is 2. The summed E-state index contributed by atoms with van der Waals surface area (Å²) in [5, 5.41) is 0. The molecule has 0 rings (SSSR count). The Kier molecular flexibility index (Phi) is 7.90. The smallest absolute Gasteiger partial charge is 0.310 e. The second-order valence-corrected chi connectivity index (χ2v) is 3.57. The standard InChI is InChI=1S/C12H20O2/c1-4-14-12(13)10-8-6-5-7-9-11(2)3/h4,7,9,11H,1,5-6,8,10H2,2-3H3/b9-7+. The quantitative estimate of drug-likeness (QED) is 0.270. The highest BCUT2D eigenvalue weighted by atomic mass is 16.5. The Bertz CT molecular complexity index is 192. The van der Waals surface area contributed by atoms with E-state index >= 15 is 0 Å². The van der Waals surface area contributed by atoms with Gasteiger partial charge >= 0.3 is 5.97 Å². The first-order valence-electron chi connectivity index (χ1n) is 5.14. The van der Waals surface area contributed by atoms with Crippen LogP contribution in [-0.4, -0.2) is 5.97 Å². The summed E-state index contributed by atoms with van der Waals surface area (Å²) in [6.45, 7) is 7.62. The molecular weight excluding hydrogens is 176 g/mol. The fourth-order valence-electron chi connectivity index (χ4n) is 1.05. The van der Waals surface area contributed by atoms with Gasteiger partial charge in [-0.2, -0.15) is 0 Å². The van der Waals surface area contributed by atoms with Crippen LogP contribution in [0.1, 0.15) is 39.5 Å². The van der Waals surface area contributed by atoms with Gasteiger partial charge in [0.2, 0.25) is 0 Å². The lowest BCUT2D eigenvalue weighted by atomic mass is 10.1. The van der Waals surface area contributed by atoms with E-state index in [1.165, 1.54) is 6.26 Å². The molecule has 2 heteroatoms. The Hall–Kier alpha value is -1.05. The van der Waals surface area contributed by atoms with Gasteiger partial charge in [-0.3, -0.25) is 4.79 Å². The third-order valence-electron chi connectivity index (χ3n) is 1.74. The molecule has 0 N–H and O–H groups in total. The Morgan fingerprint density at radius 2 is 2.14 bits per heavy atom. The van der Waals surface area contributed by atoms with Crippen LogP contribution in [0.2, 0.25) is 0 Å². The lowest BCUT2D eigenvalue weighted by molar-refractivity contribution is -0.138. The summed E-state index contributed by atoms with van der Waals surface area (Å²) in [6, 6.07) is 0. The molecule has 0 spiro atoms. The summed E-state index contributed by atoms with van der Waals surface area (Å²) < 4.78 is 4.59. The van der Waals surface area contributed by atoms with Crippen LogP contribution in [0.3, 0.4) is 0 Å². The van der Waals surface area contributed by atoms with Gasteiger partial charge in [0.25, 0.3) is 0 Å². The second kappa shape index (κ2) is 8.54. The van der Waals surface area contributed by atoms with E-state index in [1.54, 1.807) is 0 Å². The fraction of sp³-hybridized carbons (Fsp3) is 0.583. The van der Waals surface area contributed by atoms with E-state index in [0.717, 1.165) is 19.3 Å². The zero-order valence-electron chi connectivity index (χ0n) is 9.16. The van der Waals surface area contributed by atoms with Gasteiger partial charge in [0.1, 0.15) is 0 Å².